The fraction of sp³-hybridized carbons (Fsp3) is 0.0952. The zero-order valence-electron chi connectivity index (χ0n) is 15.9. The molecule has 1 N–H and O–H groups in total. The van der Waals surface area contributed by atoms with Crippen LogP contribution in [0.3, 0.4) is 0 Å². The number of alkyl halides is 6. The molecule has 12 heteroatoms. The van der Waals surface area contributed by atoms with Crippen LogP contribution in [0.1, 0.15) is 0 Å². The standard InChI is InChI=1S/C21H10Cl4F6N2/c22-12-3-1-4-13(23)16(12)32-18(20(26,27)28)10-7-8-11(9-10)19(21(29,30)31)33-17-14(24)5-2-6-15(17)25/h1-9,32H/b18-10-,33-19?. The third-order valence-electron chi connectivity index (χ3n) is 4.24. The number of allylic oxidation sites excluding steroid dienone is 6. The lowest BCUT2D eigenvalue weighted by atomic mass is 10.1. The molecule has 0 radical (unpaired) electrons. The van der Waals surface area contributed by atoms with Crippen molar-refractivity contribution in [3.8, 4) is 0 Å². The van der Waals surface area contributed by atoms with Crippen molar-refractivity contribution in [3.05, 3.63) is 91.6 Å². The van der Waals surface area contributed by atoms with E-state index in [1.807, 2.05) is 0 Å². The van der Waals surface area contributed by atoms with Crippen molar-refractivity contribution in [1.82, 2.24) is 0 Å². The van der Waals surface area contributed by atoms with Gasteiger partial charge in [0.05, 0.1) is 25.8 Å². The number of hydrogen-bond acceptors (Lipinski definition) is 2. The van der Waals surface area contributed by atoms with Crippen LogP contribution < -0.4 is 5.32 Å². The Labute approximate surface area is 203 Å². The van der Waals surface area contributed by atoms with Crippen LogP contribution >= 0.6 is 46.4 Å². The SMILES string of the molecule is FC(F)(F)C(=Nc1c(Cl)cccc1Cl)C1=C/C(=C(\Nc2c(Cl)cccc2Cl)C(F)(F)F)C=C1. The first kappa shape index (κ1) is 25.5. The first-order chi connectivity index (χ1) is 15.3. The molecule has 0 fully saturated rings. The van der Waals surface area contributed by atoms with Gasteiger partial charge >= 0.3 is 12.4 Å². The summed E-state index contributed by atoms with van der Waals surface area (Å²) in [7, 11) is 0. The zero-order valence-corrected chi connectivity index (χ0v) is 18.9. The van der Waals surface area contributed by atoms with Crippen molar-refractivity contribution in [3.63, 3.8) is 0 Å². The second-order valence-corrected chi connectivity index (χ2v) is 8.14. The highest BCUT2D eigenvalue weighted by Crippen LogP contribution is 2.40. The summed E-state index contributed by atoms with van der Waals surface area (Å²) in [6.45, 7) is 0. The van der Waals surface area contributed by atoms with Gasteiger partial charge in [0.1, 0.15) is 11.4 Å². The van der Waals surface area contributed by atoms with Crippen LogP contribution in [0.5, 0.6) is 0 Å². The van der Waals surface area contributed by atoms with Gasteiger partial charge in [0.2, 0.25) is 0 Å². The maximum absolute atomic E-state index is 13.8. The van der Waals surface area contributed by atoms with Crippen LogP contribution in [-0.4, -0.2) is 18.1 Å². The van der Waals surface area contributed by atoms with Crippen LogP contribution in [0, 0.1) is 0 Å². The van der Waals surface area contributed by atoms with Gasteiger partial charge in [-0.1, -0.05) is 70.7 Å². The van der Waals surface area contributed by atoms with Gasteiger partial charge in [0, 0.05) is 11.1 Å². The predicted molar refractivity (Wildman–Crippen MR) is 120 cm³/mol. The molecule has 1 aliphatic rings. The molecule has 174 valence electrons. The number of benzene rings is 2. The molecule has 0 bridgehead atoms. The number of halogens is 10. The molecule has 0 amide bonds. The molecule has 0 atom stereocenters. The van der Waals surface area contributed by atoms with E-state index in [4.69, 9.17) is 46.4 Å². The van der Waals surface area contributed by atoms with E-state index in [2.05, 4.69) is 10.3 Å². The summed E-state index contributed by atoms with van der Waals surface area (Å²) in [6.07, 6.45) is -7.58. The van der Waals surface area contributed by atoms with E-state index < -0.39 is 34.9 Å². The van der Waals surface area contributed by atoms with Crippen LogP contribution in [0.2, 0.25) is 20.1 Å². The number of para-hydroxylation sites is 2. The molecule has 2 nitrogen and oxygen atoms in total. The highest BCUT2D eigenvalue weighted by atomic mass is 35.5. The van der Waals surface area contributed by atoms with Crippen LogP contribution in [0.15, 0.2) is 76.5 Å². The summed E-state index contributed by atoms with van der Waals surface area (Å²) in [5.74, 6) is 0. The van der Waals surface area contributed by atoms with Gasteiger partial charge in [-0.25, -0.2) is 4.99 Å². The second-order valence-electron chi connectivity index (χ2n) is 6.51. The van der Waals surface area contributed by atoms with Crippen LogP contribution in [-0.2, 0) is 0 Å². The van der Waals surface area contributed by atoms with E-state index in [-0.39, 0.29) is 31.5 Å². The van der Waals surface area contributed by atoms with Gasteiger partial charge < -0.3 is 5.32 Å². The molecule has 0 saturated carbocycles. The Balaban J connectivity index is 2.15. The Bertz CT molecular complexity index is 1170. The molecule has 0 heterocycles. The van der Waals surface area contributed by atoms with E-state index in [0.717, 1.165) is 12.2 Å². The number of hydrogen-bond donors (Lipinski definition) is 1. The minimum atomic E-state index is -5.02. The van der Waals surface area contributed by atoms with E-state index >= 15 is 0 Å². The molecule has 1 aliphatic carbocycles. The normalized spacial score (nSPS) is 16.2. The average molecular weight is 546 g/mol. The van der Waals surface area contributed by atoms with Crippen molar-refractivity contribution >= 4 is 63.5 Å². The number of nitrogens with zero attached hydrogens (tertiary/aromatic N) is 1. The second kappa shape index (κ2) is 9.62. The largest absolute Gasteiger partial charge is 0.433 e. The average Bonchev–Trinajstić information content (AvgIpc) is 3.14. The molecule has 0 saturated heterocycles. The highest BCUT2D eigenvalue weighted by molar-refractivity contribution is 6.39. The van der Waals surface area contributed by atoms with E-state index in [1.165, 1.54) is 36.4 Å². The van der Waals surface area contributed by atoms with E-state index in [0.29, 0.717) is 6.08 Å². The highest BCUT2D eigenvalue weighted by Gasteiger charge is 2.41. The summed E-state index contributed by atoms with van der Waals surface area (Å²) in [4.78, 5) is 3.52. The number of anilines is 1. The Hall–Kier alpha value is -2.13. The monoisotopic (exact) mass is 544 g/mol. The first-order valence-corrected chi connectivity index (χ1v) is 10.3. The molecular formula is C21H10Cl4F6N2. The Morgan fingerprint density at radius 2 is 1.24 bits per heavy atom. The summed E-state index contributed by atoms with van der Waals surface area (Å²) in [6, 6.07) is 8.01. The summed E-state index contributed by atoms with van der Waals surface area (Å²) in [5.41, 5.74) is -4.65. The van der Waals surface area contributed by atoms with Crippen LogP contribution in [0.4, 0.5) is 37.7 Å². The van der Waals surface area contributed by atoms with Gasteiger partial charge in [-0.3, -0.25) is 0 Å². The van der Waals surface area contributed by atoms with Crippen LogP contribution in [0.25, 0.3) is 0 Å². The quantitative estimate of drug-likeness (QED) is 0.300. The smallest absolute Gasteiger partial charge is 0.349 e. The maximum atomic E-state index is 13.8. The van der Waals surface area contributed by atoms with Gasteiger partial charge in [0.15, 0.2) is 5.71 Å². The molecule has 2 aromatic carbocycles. The molecule has 0 aromatic heterocycles. The fourth-order valence-corrected chi connectivity index (χ4v) is 3.77. The lowest BCUT2D eigenvalue weighted by Gasteiger charge is -2.18. The summed E-state index contributed by atoms with van der Waals surface area (Å²) in [5, 5.41) is 1.56. The molecule has 0 aliphatic heterocycles. The van der Waals surface area contributed by atoms with Gasteiger partial charge in [-0.15, -0.1) is 0 Å². The van der Waals surface area contributed by atoms with E-state index in [9.17, 15) is 26.3 Å². The third kappa shape index (κ3) is 5.87. The van der Waals surface area contributed by atoms with Crippen molar-refractivity contribution in [2.24, 2.45) is 4.99 Å². The Morgan fingerprint density at radius 1 is 0.727 bits per heavy atom. The minimum absolute atomic E-state index is 0.109. The van der Waals surface area contributed by atoms with Crippen molar-refractivity contribution in [2.75, 3.05) is 5.32 Å². The van der Waals surface area contributed by atoms with Crippen molar-refractivity contribution in [1.29, 1.82) is 0 Å². The Kier molecular flexibility index (Phi) is 7.43. The van der Waals surface area contributed by atoms with Crippen molar-refractivity contribution < 1.29 is 26.3 Å². The first-order valence-electron chi connectivity index (χ1n) is 8.81. The molecule has 33 heavy (non-hydrogen) atoms. The third-order valence-corrected chi connectivity index (χ3v) is 5.48. The lowest BCUT2D eigenvalue weighted by Crippen LogP contribution is -2.24. The zero-order chi connectivity index (χ0) is 24.6. The van der Waals surface area contributed by atoms with Gasteiger partial charge in [0.25, 0.3) is 0 Å². The summed E-state index contributed by atoms with van der Waals surface area (Å²) < 4.78 is 82.6. The molecule has 3 rings (SSSR count). The predicted octanol–water partition coefficient (Wildman–Crippen LogP) is 9.36. The Morgan fingerprint density at radius 3 is 1.73 bits per heavy atom. The molecule has 0 spiro atoms. The maximum Gasteiger partial charge on any atom is 0.433 e. The lowest BCUT2D eigenvalue weighted by molar-refractivity contribution is -0.0906. The number of aliphatic imine (C=N–C) groups is 1. The fourth-order valence-electron chi connectivity index (χ4n) is 2.79. The summed E-state index contributed by atoms with van der Waals surface area (Å²) >= 11 is 23.7. The topological polar surface area (TPSA) is 24.4 Å². The molecule has 2 aromatic rings. The number of nitrogens with one attached hydrogen (secondary N) is 1. The van der Waals surface area contributed by atoms with Gasteiger partial charge in [-0.05, 0) is 30.3 Å². The molecule has 0 unspecified atom stereocenters. The minimum Gasteiger partial charge on any atom is -0.349 e. The van der Waals surface area contributed by atoms with Gasteiger partial charge in [-0.2, -0.15) is 26.3 Å². The van der Waals surface area contributed by atoms with Crippen molar-refractivity contribution in [2.45, 2.75) is 12.4 Å². The number of rotatable bonds is 4. The molecular weight excluding hydrogens is 536 g/mol. The van der Waals surface area contributed by atoms with E-state index in [1.54, 1.807) is 0 Å².